The highest BCUT2D eigenvalue weighted by atomic mass is 16.3. The molecule has 0 aliphatic rings. The number of hydrogen-bond acceptors (Lipinski definition) is 4. The van der Waals surface area contributed by atoms with E-state index in [0.717, 1.165) is 11.1 Å². The van der Waals surface area contributed by atoms with Gasteiger partial charge in [-0.05, 0) is 35.4 Å². The summed E-state index contributed by atoms with van der Waals surface area (Å²) < 4.78 is 0. The molecule has 0 aromatic heterocycles. The second kappa shape index (κ2) is 5.51. The Hall–Kier alpha value is -3.24. The number of aromatic hydroxyl groups is 2. The fraction of sp³-hybridized carbons (Fsp3) is 0.158. The minimum atomic E-state index is -0.541. The van der Waals surface area contributed by atoms with Crippen LogP contribution in [0.4, 0.5) is 11.4 Å². The first-order valence-electron chi connectivity index (χ1n) is 6.91. The predicted octanol–water partition coefficient (Wildman–Crippen LogP) is 2.55. The summed E-state index contributed by atoms with van der Waals surface area (Å²) in [6.45, 7) is 3.90. The van der Waals surface area contributed by atoms with Crippen LogP contribution in [0.5, 0.6) is 11.5 Å². The average Bonchev–Trinajstić information content (AvgIpc) is 2.52. The highest BCUT2D eigenvalue weighted by Gasteiger charge is 2.26. The van der Waals surface area contributed by atoms with E-state index in [4.69, 9.17) is 24.3 Å². The van der Waals surface area contributed by atoms with Crippen LogP contribution >= 0.6 is 0 Å². The number of nitrogen functional groups attached to an aromatic ring is 2. The number of benzene rings is 2. The van der Waals surface area contributed by atoms with Gasteiger partial charge in [-0.3, -0.25) is 0 Å². The lowest BCUT2D eigenvalue weighted by Gasteiger charge is -2.28. The first-order chi connectivity index (χ1) is 10.7. The number of hydrogen-bond donors (Lipinski definition) is 4. The smallest absolute Gasteiger partial charge is 0.154 e. The van der Waals surface area contributed by atoms with Crippen LogP contribution in [0.3, 0.4) is 0 Å². The third-order valence-corrected chi connectivity index (χ3v) is 4.03. The number of rotatable bonds is 2. The summed E-state index contributed by atoms with van der Waals surface area (Å²) in [6.07, 6.45) is 10.8. The summed E-state index contributed by atoms with van der Waals surface area (Å²) >= 11 is 0. The van der Waals surface area contributed by atoms with Crippen molar-refractivity contribution in [2.24, 2.45) is 0 Å². The zero-order chi connectivity index (χ0) is 17.4. The van der Waals surface area contributed by atoms with Crippen LogP contribution < -0.4 is 11.5 Å². The molecule has 23 heavy (non-hydrogen) atoms. The molecule has 0 atom stereocenters. The van der Waals surface area contributed by atoms with Crippen LogP contribution in [-0.2, 0) is 5.41 Å². The minimum absolute atomic E-state index is 0.110. The lowest BCUT2D eigenvalue weighted by molar-refractivity contribution is 0.475. The van der Waals surface area contributed by atoms with E-state index < -0.39 is 5.41 Å². The van der Waals surface area contributed by atoms with E-state index in [1.165, 1.54) is 0 Å². The molecule has 2 rings (SSSR count). The Bertz CT molecular complexity index is 797. The highest BCUT2D eigenvalue weighted by Crippen LogP contribution is 2.39. The Morgan fingerprint density at radius 1 is 0.826 bits per heavy atom. The Morgan fingerprint density at radius 2 is 1.17 bits per heavy atom. The lowest BCUT2D eigenvalue weighted by atomic mass is 9.76. The van der Waals surface area contributed by atoms with E-state index in [9.17, 15) is 10.2 Å². The summed E-state index contributed by atoms with van der Waals surface area (Å²) in [5.74, 6) is 4.61. The van der Waals surface area contributed by atoms with Gasteiger partial charge in [0.05, 0.1) is 22.5 Å². The summed E-state index contributed by atoms with van der Waals surface area (Å²) in [4.78, 5) is 0. The van der Waals surface area contributed by atoms with Crippen molar-refractivity contribution in [1.82, 2.24) is 0 Å². The highest BCUT2D eigenvalue weighted by molar-refractivity contribution is 5.67. The molecule has 0 unspecified atom stereocenters. The number of phenols is 2. The Kier molecular flexibility index (Phi) is 3.87. The average molecular weight is 306 g/mol. The van der Waals surface area contributed by atoms with Crippen molar-refractivity contribution in [2.45, 2.75) is 19.3 Å². The number of anilines is 2. The first kappa shape index (κ1) is 16.1. The topological polar surface area (TPSA) is 92.5 Å². The molecule has 4 heteroatoms. The maximum absolute atomic E-state index is 9.87. The van der Waals surface area contributed by atoms with Crippen LogP contribution in [0.1, 0.15) is 36.1 Å². The Balaban J connectivity index is 2.69. The monoisotopic (exact) mass is 306 g/mol. The van der Waals surface area contributed by atoms with Crippen LogP contribution in [-0.4, -0.2) is 10.2 Å². The number of terminal acetylenes is 2. The fourth-order valence-corrected chi connectivity index (χ4v) is 2.42. The van der Waals surface area contributed by atoms with Crippen LogP contribution in [0.25, 0.3) is 0 Å². The lowest BCUT2D eigenvalue weighted by Crippen LogP contribution is -2.20. The van der Waals surface area contributed by atoms with E-state index in [0.29, 0.717) is 11.1 Å². The molecule has 2 aromatic rings. The van der Waals surface area contributed by atoms with Crippen molar-refractivity contribution in [1.29, 1.82) is 0 Å². The molecular weight excluding hydrogens is 288 g/mol. The van der Waals surface area contributed by atoms with Crippen molar-refractivity contribution in [3.05, 3.63) is 46.5 Å². The summed E-state index contributed by atoms with van der Waals surface area (Å²) in [7, 11) is 0. The molecule has 0 amide bonds. The molecule has 0 radical (unpaired) electrons. The SMILES string of the molecule is C#Cc1cc(C(C)(C)c2cc(N)c(O)c(C#C)c2)cc(N)c1O. The molecular formula is C19H18N2O2. The van der Waals surface area contributed by atoms with Crippen LogP contribution in [0.2, 0.25) is 0 Å². The largest absolute Gasteiger partial charge is 0.505 e. The molecule has 0 bridgehead atoms. The van der Waals surface area contributed by atoms with E-state index in [2.05, 4.69) is 11.8 Å². The number of phenolic OH excluding ortho intramolecular Hbond substituents is 2. The van der Waals surface area contributed by atoms with Gasteiger partial charge in [-0.25, -0.2) is 0 Å². The fourth-order valence-electron chi connectivity index (χ4n) is 2.42. The molecule has 0 fully saturated rings. The Morgan fingerprint density at radius 3 is 1.48 bits per heavy atom. The first-order valence-corrected chi connectivity index (χ1v) is 6.91. The quantitative estimate of drug-likeness (QED) is 0.390. The van der Waals surface area contributed by atoms with Gasteiger partial charge in [0, 0.05) is 5.41 Å². The predicted molar refractivity (Wildman–Crippen MR) is 93.0 cm³/mol. The van der Waals surface area contributed by atoms with Gasteiger partial charge < -0.3 is 21.7 Å². The van der Waals surface area contributed by atoms with Gasteiger partial charge in [0.1, 0.15) is 0 Å². The third kappa shape index (κ3) is 2.63. The molecule has 6 N–H and O–H groups in total. The van der Waals surface area contributed by atoms with Crippen molar-refractivity contribution in [2.75, 3.05) is 11.5 Å². The molecule has 116 valence electrons. The molecule has 0 saturated carbocycles. The molecule has 4 nitrogen and oxygen atoms in total. The van der Waals surface area contributed by atoms with Crippen molar-refractivity contribution < 1.29 is 10.2 Å². The van der Waals surface area contributed by atoms with Gasteiger partial charge in [-0.1, -0.05) is 25.7 Å². The zero-order valence-corrected chi connectivity index (χ0v) is 13.0. The Labute approximate surface area is 135 Å². The molecule has 0 saturated heterocycles. The van der Waals surface area contributed by atoms with Gasteiger partial charge in [0.25, 0.3) is 0 Å². The molecule has 0 aliphatic carbocycles. The van der Waals surface area contributed by atoms with Gasteiger partial charge in [-0.2, -0.15) is 0 Å². The van der Waals surface area contributed by atoms with Gasteiger partial charge in [0.2, 0.25) is 0 Å². The summed E-state index contributed by atoms with van der Waals surface area (Å²) in [5.41, 5.74) is 13.8. The van der Waals surface area contributed by atoms with E-state index in [-0.39, 0.29) is 22.9 Å². The van der Waals surface area contributed by atoms with E-state index in [1.54, 1.807) is 24.3 Å². The van der Waals surface area contributed by atoms with E-state index >= 15 is 0 Å². The molecule has 2 aromatic carbocycles. The van der Waals surface area contributed by atoms with Gasteiger partial charge in [0.15, 0.2) is 11.5 Å². The van der Waals surface area contributed by atoms with Crippen LogP contribution in [0.15, 0.2) is 24.3 Å². The van der Waals surface area contributed by atoms with Crippen molar-refractivity contribution in [3.8, 4) is 36.2 Å². The van der Waals surface area contributed by atoms with Crippen molar-refractivity contribution >= 4 is 11.4 Å². The second-order valence-electron chi connectivity index (χ2n) is 5.84. The van der Waals surface area contributed by atoms with Crippen molar-refractivity contribution in [3.63, 3.8) is 0 Å². The standard InChI is InChI=1S/C19H18N2O2/c1-5-11-7-13(9-15(20)17(11)22)19(3,4)14-8-12(6-2)18(23)16(21)10-14/h1-2,7-10,22-23H,20-21H2,3-4H3. The zero-order valence-electron chi connectivity index (χ0n) is 13.0. The van der Waals surface area contributed by atoms with E-state index in [1.807, 2.05) is 13.8 Å². The third-order valence-electron chi connectivity index (χ3n) is 4.03. The molecule has 0 heterocycles. The minimum Gasteiger partial charge on any atom is -0.505 e. The summed E-state index contributed by atoms with van der Waals surface area (Å²) in [6, 6.07) is 6.72. The molecule has 0 spiro atoms. The van der Waals surface area contributed by atoms with Crippen LogP contribution in [0, 0.1) is 24.7 Å². The second-order valence-corrected chi connectivity index (χ2v) is 5.84. The van der Waals surface area contributed by atoms with Gasteiger partial charge >= 0.3 is 0 Å². The number of nitrogens with two attached hydrogens (primary N) is 2. The molecule has 0 aliphatic heterocycles. The normalized spacial score (nSPS) is 10.8. The maximum atomic E-state index is 9.87. The summed E-state index contributed by atoms with van der Waals surface area (Å²) in [5, 5.41) is 19.7. The van der Waals surface area contributed by atoms with Gasteiger partial charge in [-0.15, -0.1) is 12.8 Å². The maximum Gasteiger partial charge on any atom is 0.154 e.